The van der Waals surface area contributed by atoms with Gasteiger partial charge in [-0.05, 0) is 62.6 Å². The minimum absolute atomic E-state index is 0.0264. The quantitative estimate of drug-likeness (QED) is 0.589. The van der Waals surface area contributed by atoms with E-state index in [-0.39, 0.29) is 11.9 Å². The van der Waals surface area contributed by atoms with Crippen molar-refractivity contribution in [1.29, 1.82) is 0 Å². The maximum Gasteiger partial charge on any atom is 0.290 e. The summed E-state index contributed by atoms with van der Waals surface area (Å²) in [6.45, 7) is 2.78. The molecule has 1 unspecified atom stereocenters. The van der Waals surface area contributed by atoms with Crippen molar-refractivity contribution in [3.05, 3.63) is 51.9 Å². The molecule has 1 amide bonds. The monoisotopic (exact) mass is 383 g/mol. The third kappa shape index (κ3) is 3.61. The Kier molecular flexibility index (Phi) is 5.21. The fourth-order valence-electron chi connectivity index (χ4n) is 4.00. The highest BCUT2D eigenvalue weighted by atomic mass is 32.1. The molecule has 0 bridgehead atoms. The van der Waals surface area contributed by atoms with Crippen molar-refractivity contribution in [3.8, 4) is 5.75 Å². The molecule has 1 fully saturated rings. The minimum atomic E-state index is 0.0264. The minimum Gasteiger partial charge on any atom is -0.497 e. The van der Waals surface area contributed by atoms with E-state index in [0.29, 0.717) is 11.3 Å². The van der Waals surface area contributed by atoms with Crippen LogP contribution in [0.25, 0.3) is 11.0 Å². The fraction of sp³-hybridized carbons (Fsp3) is 0.409. The Morgan fingerprint density at radius 3 is 3.00 bits per heavy atom. The number of methoxy groups -OCH3 is 1. The van der Waals surface area contributed by atoms with Gasteiger partial charge in [-0.15, -0.1) is 11.3 Å². The summed E-state index contributed by atoms with van der Waals surface area (Å²) in [5, 5.41) is 3.09. The summed E-state index contributed by atoms with van der Waals surface area (Å²) in [5.74, 6) is 1.24. The number of ether oxygens (including phenoxy) is 1. The smallest absolute Gasteiger partial charge is 0.290 e. The van der Waals surface area contributed by atoms with Gasteiger partial charge < -0.3 is 14.1 Å². The second-order valence-electron chi connectivity index (χ2n) is 7.18. The van der Waals surface area contributed by atoms with Crippen molar-refractivity contribution in [2.75, 3.05) is 13.7 Å². The van der Waals surface area contributed by atoms with Crippen LogP contribution in [0.3, 0.4) is 0 Å². The van der Waals surface area contributed by atoms with Gasteiger partial charge in [0, 0.05) is 34.5 Å². The molecule has 5 heteroatoms. The zero-order valence-electron chi connectivity index (χ0n) is 15.9. The van der Waals surface area contributed by atoms with Crippen molar-refractivity contribution in [1.82, 2.24) is 4.90 Å². The summed E-state index contributed by atoms with van der Waals surface area (Å²) >= 11 is 1.79. The predicted octanol–water partition coefficient (Wildman–Crippen LogP) is 5.44. The number of furan rings is 1. The van der Waals surface area contributed by atoms with Crippen LogP contribution in [0.5, 0.6) is 5.75 Å². The fourth-order valence-corrected chi connectivity index (χ4v) is 4.72. The van der Waals surface area contributed by atoms with Crippen molar-refractivity contribution in [2.24, 2.45) is 0 Å². The maximum absolute atomic E-state index is 13.3. The van der Waals surface area contributed by atoms with Crippen LogP contribution < -0.4 is 4.74 Å². The molecule has 1 aliphatic heterocycles. The lowest BCUT2D eigenvalue weighted by molar-refractivity contribution is 0.0571. The van der Waals surface area contributed by atoms with Gasteiger partial charge in [0.25, 0.3) is 5.91 Å². The average molecular weight is 384 g/mol. The molecule has 4 nitrogen and oxygen atoms in total. The number of carbonyl (C=O) groups excluding carboxylic acids is 1. The van der Waals surface area contributed by atoms with E-state index >= 15 is 0 Å². The third-order valence-electron chi connectivity index (χ3n) is 5.53. The van der Waals surface area contributed by atoms with E-state index < -0.39 is 0 Å². The molecule has 0 saturated carbocycles. The molecular weight excluding hydrogens is 358 g/mol. The van der Waals surface area contributed by atoms with Crippen molar-refractivity contribution in [2.45, 2.75) is 45.1 Å². The number of piperidine rings is 1. The number of hydrogen-bond donors (Lipinski definition) is 0. The highest BCUT2D eigenvalue weighted by Crippen LogP contribution is 2.31. The first-order valence-electron chi connectivity index (χ1n) is 9.58. The van der Waals surface area contributed by atoms with Gasteiger partial charge in [0.2, 0.25) is 0 Å². The van der Waals surface area contributed by atoms with Gasteiger partial charge in [-0.2, -0.15) is 0 Å². The number of hydrogen-bond acceptors (Lipinski definition) is 4. The van der Waals surface area contributed by atoms with Gasteiger partial charge in [-0.3, -0.25) is 4.79 Å². The topological polar surface area (TPSA) is 42.7 Å². The van der Waals surface area contributed by atoms with Crippen LogP contribution in [0.15, 0.2) is 40.1 Å². The highest BCUT2D eigenvalue weighted by molar-refractivity contribution is 7.09. The summed E-state index contributed by atoms with van der Waals surface area (Å²) in [7, 11) is 1.63. The molecule has 142 valence electrons. The second kappa shape index (κ2) is 7.77. The molecule has 3 heterocycles. The number of amides is 1. The Morgan fingerprint density at radius 2 is 2.22 bits per heavy atom. The molecule has 1 aromatic carbocycles. The lowest BCUT2D eigenvalue weighted by atomic mass is 9.97. The largest absolute Gasteiger partial charge is 0.497 e. The van der Waals surface area contributed by atoms with Gasteiger partial charge in [0.1, 0.15) is 11.3 Å². The summed E-state index contributed by atoms with van der Waals surface area (Å²) in [6.07, 6.45) is 5.37. The molecular formula is C22H25NO3S. The van der Waals surface area contributed by atoms with Gasteiger partial charge >= 0.3 is 0 Å². The lowest BCUT2D eigenvalue weighted by Crippen LogP contribution is -2.44. The van der Waals surface area contributed by atoms with Crippen LogP contribution in [-0.2, 0) is 6.42 Å². The second-order valence-corrected chi connectivity index (χ2v) is 8.22. The van der Waals surface area contributed by atoms with E-state index in [1.54, 1.807) is 18.4 Å². The van der Waals surface area contributed by atoms with E-state index in [2.05, 4.69) is 17.5 Å². The Balaban J connectivity index is 1.57. The first-order valence-corrected chi connectivity index (χ1v) is 10.5. The normalized spacial score (nSPS) is 17.4. The van der Waals surface area contributed by atoms with Gasteiger partial charge in [0.15, 0.2) is 5.76 Å². The van der Waals surface area contributed by atoms with E-state index in [0.717, 1.165) is 48.9 Å². The van der Waals surface area contributed by atoms with Crippen LogP contribution in [-0.4, -0.2) is 30.5 Å². The summed E-state index contributed by atoms with van der Waals surface area (Å²) in [4.78, 5) is 16.7. The van der Waals surface area contributed by atoms with E-state index in [1.807, 2.05) is 30.0 Å². The lowest BCUT2D eigenvalue weighted by Gasteiger charge is -2.35. The van der Waals surface area contributed by atoms with E-state index in [4.69, 9.17) is 9.15 Å². The van der Waals surface area contributed by atoms with Crippen molar-refractivity contribution < 1.29 is 13.9 Å². The molecule has 27 heavy (non-hydrogen) atoms. The van der Waals surface area contributed by atoms with Crippen molar-refractivity contribution >= 4 is 28.2 Å². The molecule has 0 N–H and O–H groups in total. The number of benzene rings is 1. The van der Waals surface area contributed by atoms with Gasteiger partial charge in [-0.1, -0.05) is 6.07 Å². The van der Waals surface area contributed by atoms with Crippen LogP contribution in [0.1, 0.15) is 46.7 Å². The van der Waals surface area contributed by atoms with Crippen molar-refractivity contribution in [3.63, 3.8) is 0 Å². The zero-order valence-corrected chi connectivity index (χ0v) is 16.7. The molecule has 2 aromatic heterocycles. The Labute approximate surface area is 163 Å². The number of thiophene rings is 1. The predicted molar refractivity (Wildman–Crippen MR) is 109 cm³/mol. The molecule has 1 aliphatic rings. The molecule has 3 aromatic rings. The molecule has 1 atom stereocenters. The third-order valence-corrected chi connectivity index (χ3v) is 6.47. The molecule has 1 saturated heterocycles. The average Bonchev–Trinajstić information content (AvgIpc) is 3.34. The van der Waals surface area contributed by atoms with Gasteiger partial charge in [0.05, 0.1) is 7.11 Å². The van der Waals surface area contributed by atoms with Crippen LogP contribution in [0.4, 0.5) is 0 Å². The summed E-state index contributed by atoms with van der Waals surface area (Å²) < 4.78 is 11.3. The van der Waals surface area contributed by atoms with Gasteiger partial charge in [-0.25, -0.2) is 0 Å². The number of nitrogens with zero attached hydrogens (tertiary/aromatic N) is 1. The number of aryl methyl sites for hydroxylation is 2. The van der Waals surface area contributed by atoms with Crippen LogP contribution >= 0.6 is 11.3 Å². The first kappa shape index (κ1) is 18.1. The molecule has 4 rings (SSSR count). The summed E-state index contributed by atoms with van der Waals surface area (Å²) in [5.41, 5.74) is 1.63. The number of fused-ring (bicyclic) bond motifs is 1. The molecule has 0 spiro atoms. The van der Waals surface area contributed by atoms with E-state index in [9.17, 15) is 4.79 Å². The van der Waals surface area contributed by atoms with Crippen LogP contribution in [0, 0.1) is 6.92 Å². The number of likely N-dealkylation sites (tertiary alicyclic amines) is 1. The Bertz CT molecular complexity index is 929. The Morgan fingerprint density at radius 1 is 1.33 bits per heavy atom. The number of carbonyl (C=O) groups is 1. The molecule has 0 aliphatic carbocycles. The zero-order chi connectivity index (χ0) is 18.8. The van der Waals surface area contributed by atoms with E-state index in [1.165, 1.54) is 11.3 Å². The Hall–Kier alpha value is -2.27. The standard InChI is InChI=1S/C22H25NO3S/c1-15-19-11-9-17(25-2)14-20(19)26-21(15)22(24)23-12-4-3-6-16(23)8-10-18-7-5-13-27-18/h5,7,9,11,13-14,16H,3-4,6,8,10,12H2,1-2H3. The molecule has 0 radical (unpaired) electrons. The number of rotatable bonds is 5. The first-order chi connectivity index (χ1) is 13.2. The summed E-state index contributed by atoms with van der Waals surface area (Å²) in [6, 6.07) is 10.3. The SMILES string of the molecule is COc1ccc2c(C)c(C(=O)N3CCCCC3CCc3cccs3)oc2c1. The van der Waals surface area contributed by atoms with Crippen LogP contribution in [0.2, 0.25) is 0 Å². The highest BCUT2D eigenvalue weighted by Gasteiger charge is 2.30. The maximum atomic E-state index is 13.3.